The van der Waals surface area contributed by atoms with Crippen LogP contribution in [0.25, 0.3) is 0 Å². The number of likely N-dealkylation sites (tertiary alicyclic amines) is 1. The molecule has 4 aliphatic rings. The van der Waals surface area contributed by atoms with Crippen molar-refractivity contribution in [3.8, 4) is 17.6 Å². The summed E-state index contributed by atoms with van der Waals surface area (Å²) in [6.45, 7) is 7.61. The Morgan fingerprint density at radius 1 is 1.31 bits per heavy atom. The standard InChI is InChI=1S/C30H32N2O3/c1-4-16-32-17-15-29-27-22-9-6-10-24(27)35-28(29)23(13-14-30(29,34)25(32)19-22)31(3)26(33)12-11-21-8-5-7-20(2)18-21/h4-10,18,23,25,28,34H,1,13-17,19H2,2-3H3/t23-,25+,28-,29-,30+/m0/s1. The van der Waals surface area contributed by atoms with Crippen LogP contribution in [0.3, 0.4) is 0 Å². The van der Waals surface area contributed by atoms with Crippen LogP contribution in [0.1, 0.15) is 41.5 Å². The largest absolute Gasteiger partial charge is 0.487 e. The maximum atomic E-state index is 13.2. The van der Waals surface area contributed by atoms with Crippen molar-refractivity contribution in [2.45, 2.75) is 61.8 Å². The number of hydrogen-bond donors (Lipinski definition) is 1. The molecule has 2 aromatic rings. The zero-order valence-electron chi connectivity index (χ0n) is 20.5. The van der Waals surface area contributed by atoms with Crippen molar-refractivity contribution < 1.29 is 14.6 Å². The fourth-order valence-corrected chi connectivity index (χ4v) is 7.44. The third kappa shape index (κ3) is 3.06. The number of aryl methyl sites for hydroxylation is 1. The Bertz CT molecular complexity index is 1280. The topological polar surface area (TPSA) is 53.0 Å². The first-order valence-electron chi connectivity index (χ1n) is 12.6. The van der Waals surface area contributed by atoms with E-state index in [1.54, 1.807) is 4.90 Å². The summed E-state index contributed by atoms with van der Waals surface area (Å²) in [5.74, 6) is 6.54. The number of benzene rings is 2. The second-order valence-corrected chi connectivity index (χ2v) is 10.6. The summed E-state index contributed by atoms with van der Waals surface area (Å²) in [7, 11) is 1.83. The molecule has 5 nitrogen and oxygen atoms in total. The Hall–Kier alpha value is -3.07. The van der Waals surface area contributed by atoms with Gasteiger partial charge in [0.05, 0.1) is 17.1 Å². The van der Waals surface area contributed by atoms with E-state index in [0.717, 1.165) is 42.8 Å². The highest BCUT2D eigenvalue weighted by Gasteiger charge is 2.72. The van der Waals surface area contributed by atoms with Gasteiger partial charge >= 0.3 is 0 Å². The van der Waals surface area contributed by atoms with E-state index in [9.17, 15) is 9.90 Å². The molecule has 35 heavy (non-hydrogen) atoms. The lowest BCUT2D eigenvalue weighted by atomic mass is 9.48. The molecule has 1 saturated heterocycles. The summed E-state index contributed by atoms with van der Waals surface area (Å²) in [5, 5.41) is 12.4. The number of rotatable bonds is 3. The normalized spacial score (nSPS) is 32.0. The van der Waals surface area contributed by atoms with E-state index in [1.165, 1.54) is 11.1 Å². The Labute approximate surface area is 207 Å². The van der Waals surface area contributed by atoms with Gasteiger partial charge in [-0.1, -0.05) is 36.3 Å². The van der Waals surface area contributed by atoms with Gasteiger partial charge in [-0.05, 0) is 68.5 Å². The van der Waals surface area contributed by atoms with Crippen LogP contribution in [0.5, 0.6) is 5.75 Å². The van der Waals surface area contributed by atoms with Crippen LogP contribution in [-0.2, 0) is 16.6 Å². The first kappa shape index (κ1) is 22.4. The number of hydrogen-bond acceptors (Lipinski definition) is 4. The van der Waals surface area contributed by atoms with Gasteiger partial charge < -0.3 is 14.7 Å². The SMILES string of the molecule is C=CCN1CC[C@]23c4c5cccc4O[C@H]2[C@@H](N(C)C(=O)C#Cc2cccc(C)c2)CC[C@@]3(O)[C@H]1C5. The van der Waals surface area contributed by atoms with E-state index >= 15 is 0 Å². The highest BCUT2D eigenvalue weighted by molar-refractivity contribution is 5.94. The lowest BCUT2D eigenvalue weighted by Crippen LogP contribution is -2.78. The molecule has 2 bridgehead atoms. The quantitative estimate of drug-likeness (QED) is 0.555. The molecule has 1 saturated carbocycles. The van der Waals surface area contributed by atoms with Crippen molar-refractivity contribution in [3.63, 3.8) is 0 Å². The Morgan fingerprint density at radius 3 is 2.94 bits per heavy atom. The van der Waals surface area contributed by atoms with Crippen molar-refractivity contribution >= 4 is 5.91 Å². The second kappa shape index (κ2) is 7.98. The number of carbonyl (C=O) groups excluding carboxylic acids is 1. The van der Waals surface area contributed by atoms with Crippen molar-refractivity contribution in [2.75, 3.05) is 20.1 Å². The molecule has 0 aromatic heterocycles. The predicted octanol–water partition coefficient (Wildman–Crippen LogP) is 3.21. The van der Waals surface area contributed by atoms with Crippen LogP contribution < -0.4 is 4.74 Å². The lowest BCUT2D eigenvalue weighted by Gasteiger charge is -2.64. The number of piperidine rings is 1. The van der Waals surface area contributed by atoms with E-state index in [4.69, 9.17) is 4.74 Å². The van der Waals surface area contributed by atoms with Gasteiger partial charge in [0.15, 0.2) is 0 Å². The highest BCUT2D eigenvalue weighted by atomic mass is 16.5. The molecule has 5 heteroatoms. The Kier molecular flexibility index (Phi) is 5.11. The number of carbonyl (C=O) groups is 1. The van der Waals surface area contributed by atoms with E-state index in [2.05, 4.69) is 35.5 Å². The molecular formula is C30H32N2O3. The molecule has 2 aromatic carbocycles. The van der Waals surface area contributed by atoms with E-state index in [0.29, 0.717) is 12.8 Å². The average Bonchev–Trinajstić information content (AvgIpc) is 3.19. The Morgan fingerprint density at radius 2 is 2.14 bits per heavy atom. The number of amides is 1. The second-order valence-electron chi connectivity index (χ2n) is 10.6. The van der Waals surface area contributed by atoms with Crippen molar-refractivity contribution in [2.24, 2.45) is 0 Å². The average molecular weight is 469 g/mol. The van der Waals surface area contributed by atoms with E-state index in [-0.39, 0.29) is 24.1 Å². The molecule has 2 aliphatic heterocycles. The first-order chi connectivity index (χ1) is 16.9. The molecule has 2 fully saturated rings. The van der Waals surface area contributed by atoms with Gasteiger partial charge in [0, 0.05) is 36.7 Å². The van der Waals surface area contributed by atoms with Gasteiger partial charge in [-0.25, -0.2) is 0 Å². The zero-order valence-corrected chi connectivity index (χ0v) is 20.5. The first-order valence-corrected chi connectivity index (χ1v) is 12.6. The van der Waals surface area contributed by atoms with Gasteiger partial charge in [-0.3, -0.25) is 9.69 Å². The summed E-state index contributed by atoms with van der Waals surface area (Å²) < 4.78 is 6.66. The zero-order chi connectivity index (χ0) is 24.4. The van der Waals surface area contributed by atoms with E-state index in [1.807, 2.05) is 50.4 Å². The smallest absolute Gasteiger partial charge is 0.298 e. The van der Waals surface area contributed by atoms with Crippen LogP contribution in [0.15, 0.2) is 55.1 Å². The third-order valence-corrected chi connectivity index (χ3v) is 8.95. The lowest BCUT2D eigenvalue weighted by molar-refractivity contribution is -0.197. The molecular weight excluding hydrogens is 436 g/mol. The molecule has 1 amide bonds. The Balaban J connectivity index is 1.37. The minimum atomic E-state index is -0.897. The van der Waals surface area contributed by atoms with Crippen LogP contribution in [-0.4, -0.2) is 64.7 Å². The van der Waals surface area contributed by atoms with Crippen molar-refractivity contribution in [1.29, 1.82) is 0 Å². The fourth-order valence-electron chi connectivity index (χ4n) is 7.44. The molecule has 5 atom stereocenters. The molecule has 0 radical (unpaired) electrons. The molecule has 1 spiro atoms. The summed E-state index contributed by atoms with van der Waals surface area (Å²) in [6.07, 6.45) is 4.57. The fraction of sp³-hybridized carbons (Fsp3) is 0.433. The van der Waals surface area contributed by atoms with Crippen molar-refractivity contribution in [3.05, 3.63) is 77.4 Å². The molecule has 180 valence electrons. The minimum Gasteiger partial charge on any atom is -0.487 e. The van der Waals surface area contributed by atoms with Gasteiger partial charge in [0.1, 0.15) is 11.9 Å². The van der Waals surface area contributed by atoms with Gasteiger partial charge in [0.25, 0.3) is 5.91 Å². The number of likely N-dealkylation sites (N-methyl/N-ethyl adjacent to an activating group) is 1. The monoisotopic (exact) mass is 468 g/mol. The summed E-state index contributed by atoms with van der Waals surface area (Å²) >= 11 is 0. The molecule has 6 rings (SSSR count). The van der Waals surface area contributed by atoms with Crippen LogP contribution in [0.4, 0.5) is 0 Å². The van der Waals surface area contributed by atoms with Crippen LogP contribution in [0, 0.1) is 18.8 Å². The summed E-state index contributed by atoms with van der Waals surface area (Å²) in [4.78, 5) is 17.4. The van der Waals surface area contributed by atoms with Crippen molar-refractivity contribution in [1.82, 2.24) is 9.80 Å². The number of nitrogens with zero attached hydrogens (tertiary/aromatic N) is 2. The molecule has 2 aliphatic carbocycles. The van der Waals surface area contributed by atoms with Crippen LogP contribution in [0.2, 0.25) is 0 Å². The van der Waals surface area contributed by atoms with Gasteiger partial charge in [0.2, 0.25) is 0 Å². The number of aliphatic hydroxyl groups is 1. The van der Waals surface area contributed by atoms with Crippen LogP contribution >= 0.6 is 0 Å². The summed E-state index contributed by atoms with van der Waals surface area (Å²) in [6, 6.07) is 14.0. The maximum absolute atomic E-state index is 13.2. The van der Waals surface area contributed by atoms with Gasteiger partial charge in [-0.15, -0.1) is 6.58 Å². The summed E-state index contributed by atoms with van der Waals surface area (Å²) in [5.41, 5.74) is 2.99. The van der Waals surface area contributed by atoms with Gasteiger partial charge in [-0.2, -0.15) is 0 Å². The molecule has 2 heterocycles. The van der Waals surface area contributed by atoms with E-state index < -0.39 is 11.0 Å². The predicted molar refractivity (Wildman–Crippen MR) is 135 cm³/mol. The highest BCUT2D eigenvalue weighted by Crippen LogP contribution is 2.64. The molecule has 1 N–H and O–H groups in total. The molecule has 0 unspecified atom stereocenters. The third-order valence-electron chi connectivity index (χ3n) is 8.95. The maximum Gasteiger partial charge on any atom is 0.298 e. The number of ether oxygens (including phenoxy) is 1. The minimum absolute atomic E-state index is 0.0178.